The monoisotopic (exact) mass is 237 g/mol. The molecule has 5 nitrogen and oxygen atoms in total. The fraction of sp³-hybridized carbons (Fsp3) is 0.417. The topological polar surface area (TPSA) is 90.9 Å². The van der Waals surface area contributed by atoms with Crippen LogP contribution in [-0.4, -0.2) is 34.9 Å². The summed E-state index contributed by atoms with van der Waals surface area (Å²) in [6, 6.07) is 9.70. The minimum Gasteiger partial charge on any atom is -0.394 e. The van der Waals surface area contributed by atoms with E-state index in [1.54, 1.807) is 6.92 Å². The molecule has 0 fully saturated rings. The molecule has 0 spiro atoms. The molecule has 1 aromatic carbocycles. The molecule has 0 saturated heterocycles. The maximum absolute atomic E-state index is 9.09. The summed E-state index contributed by atoms with van der Waals surface area (Å²) in [4.78, 5) is 4.14. The Bertz CT molecular complexity index is 361. The molecule has 0 bridgehead atoms. The van der Waals surface area contributed by atoms with E-state index in [9.17, 15) is 0 Å². The van der Waals surface area contributed by atoms with Crippen LogP contribution in [0.4, 0.5) is 0 Å². The largest absolute Gasteiger partial charge is 0.394 e. The highest BCUT2D eigenvalue weighted by molar-refractivity contribution is 5.78. The van der Waals surface area contributed by atoms with Gasteiger partial charge in [-0.3, -0.25) is 0 Å². The van der Waals surface area contributed by atoms with Crippen molar-refractivity contribution in [3.63, 3.8) is 0 Å². The van der Waals surface area contributed by atoms with Gasteiger partial charge in [0.15, 0.2) is 5.96 Å². The van der Waals surface area contributed by atoms with E-state index in [-0.39, 0.29) is 19.2 Å². The summed E-state index contributed by atoms with van der Waals surface area (Å²) in [5.74, 6) is 0.208. The van der Waals surface area contributed by atoms with Crippen molar-refractivity contribution in [2.45, 2.75) is 19.0 Å². The van der Waals surface area contributed by atoms with Crippen LogP contribution < -0.4 is 11.1 Å². The summed E-state index contributed by atoms with van der Waals surface area (Å²) in [7, 11) is 0. The number of aliphatic imine (C=N–C) groups is 1. The van der Waals surface area contributed by atoms with E-state index in [1.165, 1.54) is 0 Å². The molecule has 17 heavy (non-hydrogen) atoms. The number of nitrogens with zero attached hydrogens (tertiary/aromatic N) is 1. The first-order chi connectivity index (χ1) is 8.09. The normalized spacial score (nSPS) is 12.5. The van der Waals surface area contributed by atoms with Crippen LogP contribution in [0.2, 0.25) is 0 Å². The molecule has 1 rings (SSSR count). The van der Waals surface area contributed by atoms with Crippen molar-refractivity contribution in [2.75, 3.05) is 13.2 Å². The third kappa shape index (κ3) is 4.42. The number of nitrogens with one attached hydrogen (secondary N) is 1. The SMILES string of the molecule is CC(CO)(CO)NC(N)=NCc1ccccc1. The zero-order valence-electron chi connectivity index (χ0n) is 9.93. The Morgan fingerprint density at radius 1 is 1.29 bits per heavy atom. The standard InChI is InChI=1S/C12H19N3O2/c1-12(8-16,9-17)15-11(13)14-7-10-5-3-2-4-6-10/h2-6,16-17H,7-9H2,1H3,(H3,13,14,15). The predicted octanol–water partition coefficient (Wildman–Crippen LogP) is -0.166. The van der Waals surface area contributed by atoms with Gasteiger partial charge in [-0.1, -0.05) is 30.3 Å². The Hall–Kier alpha value is -1.59. The lowest BCUT2D eigenvalue weighted by Crippen LogP contribution is -2.54. The Kier molecular flexibility index (Phi) is 4.93. The molecule has 5 N–H and O–H groups in total. The van der Waals surface area contributed by atoms with E-state index in [1.807, 2.05) is 30.3 Å². The lowest BCUT2D eigenvalue weighted by atomic mass is 10.1. The number of hydrogen-bond acceptors (Lipinski definition) is 3. The van der Waals surface area contributed by atoms with Gasteiger partial charge in [0.1, 0.15) is 0 Å². The zero-order valence-corrected chi connectivity index (χ0v) is 9.93. The van der Waals surface area contributed by atoms with Crippen molar-refractivity contribution in [3.05, 3.63) is 35.9 Å². The van der Waals surface area contributed by atoms with Crippen LogP contribution >= 0.6 is 0 Å². The van der Waals surface area contributed by atoms with Crippen LogP contribution in [0.5, 0.6) is 0 Å². The highest BCUT2D eigenvalue weighted by Gasteiger charge is 2.22. The van der Waals surface area contributed by atoms with Gasteiger partial charge in [-0.15, -0.1) is 0 Å². The van der Waals surface area contributed by atoms with Crippen molar-refractivity contribution in [2.24, 2.45) is 10.7 Å². The van der Waals surface area contributed by atoms with E-state index < -0.39 is 5.54 Å². The second kappa shape index (κ2) is 6.22. The third-order valence-electron chi connectivity index (χ3n) is 2.40. The molecule has 0 unspecified atom stereocenters. The minimum absolute atomic E-state index is 0.208. The van der Waals surface area contributed by atoms with Crippen molar-refractivity contribution in [1.29, 1.82) is 0 Å². The lowest BCUT2D eigenvalue weighted by molar-refractivity contribution is 0.119. The van der Waals surface area contributed by atoms with Crippen LogP contribution in [-0.2, 0) is 6.54 Å². The van der Waals surface area contributed by atoms with Gasteiger partial charge in [0, 0.05) is 0 Å². The summed E-state index contributed by atoms with van der Waals surface area (Å²) >= 11 is 0. The van der Waals surface area contributed by atoms with Crippen molar-refractivity contribution < 1.29 is 10.2 Å². The molecular weight excluding hydrogens is 218 g/mol. The zero-order chi connectivity index (χ0) is 12.7. The van der Waals surface area contributed by atoms with Gasteiger partial charge in [0.25, 0.3) is 0 Å². The lowest BCUT2D eigenvalue weighted by Gasteiger charge is -2.26. The highest BCUT2D eigenvalue weighted by atomic mass is 16.3. The molecule has 0 radical (unpaired) electrons. The fourth-order valence-electron chi connectivity index (χ4n) is 1.24. The van der Waals surface area contributed by atoms with Crippen LogP contribution in [0.3, 0.4) is 0 Å². The number of aliphatic hydroxyl groups is 2. The molecule has 0 aliphatic rings. The van der Waals surface area contributed by atoms with Crippen molar-refractivity contribution >= 4 is 5.96 Å². The Morgan fingerprint density at radius 2 is 1.88 bits per heavy atom. The van der Waals surface area contributed by atoms with E-state index in [2.05, 4.69) is 10.3 Å². The first-order valence-electron chi connectivity index (χ1n) is 5.43. The smallest absolute Gasteiger partial charge is 0.189 e. The number of aliphatic hydroxyl groups excluding tert-OH is 2. The Morgan fingerprint density at radius 3 is 2.41 bits per heavy atom. The highest BCUT2D eigenvalue weighted by Crippen LogP contribution is 2.02. The van der Waals surface area contributed by atoms with Gasteiger partial charge in [0.05, 0.1) is 25.3 Å². The molecule has 5 heteroatoms. The van der Waals surface area contributed by atoms with Crippen molar-refractivity contribution in [1.82, 2.24) is 5.32 Å². The van der Waals surface area contributed by atoms with E-state index in [4.69, 9.17) is 15.9 Å². The molecule has 0 saturated carbocycles. The second-order valence-electron chi connectivity index (χ2n) is 4.19. The van der Waals surface area contributed by atoms with Crippen LogP contribution in [0.15, 0.2) is 35.3 Å². The van der Waals surface area contributed by atoms with Gasteiger partial charge in [-0.25, -0.2) is 4.99 Å². The van der Waals surface area contributed by atoms with Gasteiger partial charge in [-0.2, -0.15) is 0 Å². The molecule has 0 aliphatic carbocycles. The fourth-order valence-corrected chi connectivity index (χ4v) is 1.24. The van der Waals surface area contributed by atoms with Crippen LogP contribution in [0, 0.1) is 0 Å². The second-order valence-corrected chi connectivity index (χ2v) is 4.19. The van der Waals surface area contributed by atoms with E-state index in [0.717, 1.165) is 5.56 Å². The summed E-state index contributed by atoms with van der Waals surface area (Å²) in [6.07, 6.45) is 0. The maximum atomic E-state index is 9.09. The number of rotatable bonds is 5. The van der Waals surface area contributed by atoms with E-state index >= 15 is 0 Å². The number of hydrogen-bond donors (Lipinski definition) is 4. The molecule has 0 heterocycles. The number of nitrogens with two attached hydrogens (primary N) is 1. The molecule has 0 amide bonds. The number of guanidine groups is 1. The molecule has 94 valence electrons. The molecule has 0 aliphatic heterocycles. The van der Waals surface area contributed by atoms with Crippen LogP contribution in [0.25, 0.3) is 0 Å². The first kappa shape index (κ1) is 13.5. The summed E-state index contributed by atoms with van der Waals surface area (Å²) in [5.41, 5.74) is 5.88. The first-order valence-corrected chi connectivity index (χ1v) is 5.43. The third-order valence-corrected chi connectivity index (χ3v) is 2.40. The molecular formula is C12H19N3O2. The maximum Gasteiger partial charge on any atom is 0.189 e. The van der Waals surface area contributed by atoms with Gasteiger partial charge in [-0.05, 0) is 12.5 Å². The average molecular weight is 237 g/mol. The van der Waals surface area contributed by atoms with Crippen LogP contribution in [0.1, 0.15) is 12.5 Å². The number of benzene rings is 1. The van der Waals surface area contributed by atoms with E-state index in [0.29, 0.717) is 6.54 Å². The quantitative estimate of drug-likeness (QED) is 0.423. The Labute approximate surface area is 101 Å². The average Bonchev–Trinajstić information content (AvgIpc) is 2.37. The Balaban J connectivity index is 2.56. The summed E-state index contributed by atoms with van der Waals surface area (Å²) in [5, 5.41) is 21.0. The minimum atomic E-state index is -0.843. The molecule has 0 aromatic heterocycles. The predicted molar refractivity (Wildman–Crippen MR) is 67.5 cm³/mol. The van der Waals surface area contributed by atoms with Gasteiger partial charge < -0.3 is 21.3 Å². The van der Waals surface area contributed by atoms with Crippen molar-refractivity contribution in [3.8, 4) is 0 Å². The molecule has 1 aromatic rings. The summed E-state index contributed by atoms with van der Waals surface area (Å²) < 4.78 is 0. The molecule has 0 atom stereocenters. The van der Waals surface area contributed by atoms with Gasteiger partial charge >= 0.3 is 0 Å². The summed E-state index contributed by atoms with van der Waals surface area (Å²) in [6.45, 7) is 1.70. The van der Waals surface area contributed by atoms with Gasteiger partial charge in [0.2, 0.25) is 0 Å².